The van der Waals surface area contributed by atoms with Crippen molar-refractivity contribution < 1.29 is 0 Å². The molecule has 4 rings (SSSR count). The number of nitrogens with zero attached hydrogens (tertiary/aromatic N) is 1. The van der Waals surface area contributed by atoms with Crippen LogP contribution in [0, 0.1) is 11.8 Å². The Morgan fingerprint density at radius 2 is 2.06 bits per heavy atom. The van der Waals surface area contributed by atoms with Gasteiger partial charge in [-0.1, -0.05) is 42.9 Å². The second kappa shape index (κ2) is 9.68. The predicted octanol–water partition coefficient (Wildman–Crippen LogP) is 7.10. The number of hydrogen-bond acceptors (Lipinski definition) is 2. The van der Waals surface area contributed by atoms with Gasteiger partial charge in [-0.25, -0.2) is 0 Å². The summed E-state index contributed by atoms with van der Waals surface area (Å²) in [7, 11) is 1.95. The van der Waals surface area contributed by atoms with Gasteiger partial charge in [0.2, 0.25) is 0 Å². The molecule has 0 amide bonds. The highest BCUT2D eigenvalue weighted by Crippen LogP contribution is 2.48. The van der Waals surface area contributed by atoms with Gasteiger partial charge in [0.1, 0.15) is 0 Å². The van der Waals surface area contributed by atoms with Gasteiger partial charge < -0.3 is 5.32 Å². The Bertz CT molecular complexity index is 987. The van der Waals surface area contributed by atoms with E-state index >= 15 is 0 Å². The summed E-state index contributed by atoms with van der Waals surface area (Å²) in [6.07, 6.45) is 23.6. The number of hydrogen-bond donors (Lipinski definition) is 1. The molecular weight excluding hydrogens is 376 g/mol. The topological polar surface area (TPSA) is 24.9 Å². The first-order chi connectivity index (χ1) is 15.2. The minimum Gasteiger partial charge on any atom is -0.394 e. The minimum absolute atomic E-state index is 0.584. The van der Waals surface area contributed by atoms with Gasteiger partial charge in [0.25, 0.3) is 0 Å². The van der Waals surface area contributed by atoms with Crippen LogP contribution < -0.4 is 5.32 Å². The Morgan fingerprint density at radius 1 is 1.26 bits per heavy atom. The van der Waals surface area contributed by atoms with Crippen LogP contribution in [0.15, 0.2) is 83.4 Å². The van der Waals surface area contributed by atoms with E-state index in [0.29, 0.717) is 11.8 Å². The predicted molar refractivity (Wildman–Crippen MR) is 132 cm³/mol. The lowest BCUT2D eigenvalue weighted by molar-refractivity contribution is 0.275. The largest absolute Gasteiger partial charge is 0.394 e. The number of pyridine rings is 1. The summed E-state index contributed by atoms with van der Waals surface area (Å²) in [5.41, 5.74) is 11.5. The van der Waals surface area contributed by atoms with E-state index in [9.17, 15) is 0 Å². The molecule has 0 spiro atoms. The molecule has 0 bridgehead atoms. The second-order valence-corrected chi connectivity index (χ2v) is 9.09. The first kappa shape index (κ1) is 21.6. The van der Waals surface area contributed by atoms with Gasteiger partial charge >= 0.3 is 0 Å². The van der Waals surface area contributed by atoms with Gasteiger partial charge in [-0.05, 0) is 110 Å². The molecule has 1 heterocycles. The minimum atomic E-state index is 0.584. The summed E-state index contributed by atoms with van der Waals surface area (Å²) in [5, 5.41) is 3.11. The van der Waals surface area contributed by atoms with E-state index in [4.69, 9.17) is 0 Å². The van der Waals surface area contributed by atoms with Gasteiger partial charge in [0.05, 0.1) is 0 Å². The third-order valence-corrected chi connectivity index (χ3v) is 7.18. The van der Waals surface area contributed by atoms with Crippen molar-refractivity contribution in [3.63, 3.8) is 0 Å². The van der Waals surface area contributed by atoms with Crippen LogP contribution in [0.2, 0.25) is 0 Å². The fourth-order valence-electron chi connectivity index (χ4n) is 5.13. The van der Waals surface area contributed by atoms with Crippen molar-refractivity contribution in [2.24, 2.45) is 11.8 Å². The Balaban J connectivity index is 1.62. The average Bonchev–Trinajstić information content (AvgIpc) is 2.70. The van der Waals surface area contributed by atoms with Gasteiger partial charge in [-0.3, -0.25) is 4.98 Å². The third-order valence-electron chi connectivity index (χ3n) is 7.18. The molecule has 2 nitrogen and oxygen atoms in total. The van der Waals surface area contributed by atoms with E-state index in [1.54, 1.807) is 5.57 Å². The molecule has 0 atom stereocenters. The fraction of sp³-hybridized carbons (Fsp3) is 0.414. The first-order valence-electron chi connectivity index (χ1n) is 11.9. The summed E-state index contributed by atoms with van der Waals surface area (Å²) < 4.78 is 0. The summed E-state index contributed by atoms with van der Waals surface area (Å²) in [5.74, 6) is 1.24. The van der Waals surface area contributed by atoms with Crippen LogP contribution in [0.5, 0.6) is 0 Å². The van der Waals surface area contributed by atoms with Gasteiger partial charge in [0.15, 0.2) is 0 Å². The van der Waals surface area contributed by atoms with Crippen LogP contribution in [0.4, 0.5) is 0 Å². The number of aromatic nitrogens is 1. The van der Waals surface area contributed by atoms with Crippen LogP contribution in [0.25, 0.3) is 5.57 Å². The molecule has 0 radical (unpaired) electrons. The number of rotatable bonds is 6. The summed E-state index contributed by atoms with van der Waals surface area (Å²) in [4.78, 5) is 4.48. The zero-order valence-corrected chi connectivity index (χ0v) is 19.4. The molecule has 162 valence electrons. The summed E-state index contributed by atoms with van der Waals surface area (Å²) in [6, 6.07) is 2.21. The van der Waals surface area contributed by atoms with Gasteiger partial charge in [0, 0.05) is 25.0 Å². The molecule has 0 saturated heterocycles. The molecule has 2 saturated carbocycles. The number of allylic oxidation sites excluding steroid dienone is 10. The summed E-state index contributed by atoms with van der Waals surface area (Å²) >= 11 is 0. The Labute approximate surface area is 188 Å². The molecule has 0 unspecified atom stereocenters. The maximum atomic E-state index is 4.55. The lowest BCUT2D eigenvalue weighted by Gasteiger charge is -2.38. The molecule has 2 heteroatoms. The maximum Gasteiger partial charge on any atom is 0.0349 e. The van der Waals surface area contributed by atoms with Crippen molar-refractivity contribution in [1.82, 2.24) is 10.3 Å². The van der Waals surface area contributed by atoms with Gasteiger partial charge in [-0.15, -0.1) is 0 Å². The van der Waals surface area contributed by atoms with E-state index in [0.717, 1.165) is 12.8 Å². The normalized spacial score (nSPS) is 26.1. The molecule has 3 aliphatic rings. The van der Waals surface area contributed by atoms with Crippen molar-refractivity contribution in [1.29, 1.82) is 0 Å². The maximum absolute atomic E-state index is 4.55. The van der Waals surface area contributed by atoms with Crippen molar-refractivity contribution in [2.45, 2.75) is 58.8 Å². The van der Waals surface area contributed by atoms with Crippen LogP contribution in [-0.2, 0) is 6.42 Å². The molecule has 1 aromatic rings. The Kier molecular flexibility index (Phi) is 6.75. The first-order valence-corrected chi connectivity index (χ1v) is 11.9. The Morgan fingerprint density at radius 3 is 2.71 bits per heavy atom. The van der Waals surface area contributed by atoms with E-state index in [1.165, 1.54) is 71.1 Å². The monoisotopic (exact) mass is 412 g/mol. The standard InChI is InChI=1S/C29H36N2/c1-5-8-23-16-24-12-14-31-19-28(24)29(22-9-7-10-22)27(23)15-20(3)25-17-26(18-25)21(6-2)11-13-30-4/h6,8,11-15,19,25-26,30H,3,5,7,9-10,16-18H2,1-2,4H3/b13-11-,21-6+,23-8-,27-15+. The smallest absolute Gasteiger partial charge is 0.0349 e. The van der Waals surface area contributed by atoms with Crippen LogP contribution in [0.3, 0.4) is 0 Å². The molecule has 3 aliphatic carbocycles. The molecule has 1 aromatic heterocycles. The van der Waals surface area contributed by atoms with Crippen LogP contribution in [-0.4, -0.2) is 12.0 Å². The van der Waals surface area contributed by atoms with Crippen LogP contribution in [0.1, 0.15) is 63.5 Å². The molecular formula is C29H36N2. The van der Waals surface area contributed by atoms with E-state index in [2.05, 4.69) is 67.3 Å². The highest BCUT2D eigenvalue weighted by atomic mass is 14.8. The molecule has 0 aromatic carbocycles. The van der Waals surface area contributed by atoms with E-state index in [1.807, 2.05) is 19.4 Å². The number of fused-ring (bicyclic) bond motifs is 1. The SMILES string of the molecule is C=C(/C=C1/C(=C2CCC2)c2cnccc2C/C1=C/CC)C1CC(C(/C=C\NC)=C/C)C1. The highest BCUT2D eigenvalue weighted by Gasteiger charge is 2.33. The van der Waals surface area contributed by atoms with E-state index < -0.39 is 0 Å². The fourth-order valence-corrected chi connectivity index (χ4v) is 5.13. The van der Waals surface area contributed by atoms with Crippen molar-refractivity contribution in [3.05, 3.63) is 94.5 Å². The highest BCUT2D eigenvalue weighted by molar-refractivity contribution is 5.90. The van der Waals surface area contributed by atoms with Crippen molar-refractivity contribution in [2.75, 3.05) is 7.05 Å². The molecule has 1 N–H and O–H groups in total. The average molecular weight is 413 g/mol. The molecule has 2 fully saturated rings. The van der Waals surface area contributed by atoms with Crippen molar-refractivity contribution >= 4 is 5.57 Å². The lowest BCUT2D eigenvalue weighted by atomic mass is 9.67. The van der Waals surface area contributed by atoms with Crippen molar-refractivity contribution in [3.8, 4) is 0 Å². The van der Waals surface area contributed by atoms with Crippen LogP contribution >= 0.6 is 0 Å². The summed E-state index contributed by atoms with van der Waals surface area (Å²) in [6.45, 7) is 8.94. The Hall–Kier alpha value is -2.61. The van der Waals surface area contributed by atoms with E-state index in [-0.39, 0.29) is 0 Å². The lowest BCUT2D eigenvalue weighted by Crippen LogP contribution is -2.26. The third kappa shape index (κ3) is 4.39. The quantitative estimate of drug-likeness (QED) is 0.504. The van der Waals surface area contributed by atoms with Gasteiger partial charge in [-0.2, -0.15) is 0 Å². The second-order valence-electron chi connectivity index (χ2n) is 9.09. The molecule has 31 heavy (non-hydrogen) atoms. The zero-order valence-electron chi connectivity index (χ0n) is 19.4. The number of nitrogens with one attached hydrogen (secondary N) is 1. The zero-order chi connectivity index (χ0) is 21.8. The molecule has 0 aliphatic heterocycles.